The number of fused-ring (bicyclic) bond motifs is 2. The van der Waals surface area contributed by atoms with Gasteiger partial charge in [0.1, 0.15) is 22.4 Å². The van der Waals surface area contributed by atoms with Gasteiger partial charge >= 0.3 is 24.4 Å². The number of aliphatic hydroxyl groups excluding tert-OH is 3. The summed E-state index contributed by atoms with van der Waals surface area (Å²) in [6.45, 7) is 28.7. The monoisotopic (exact) mass is 2150 g/mol. The van der Waals surface area contributed by atoms with Gasteiger partial charge in [0.25, 0.3) is 0 Å². The van der Waals surface area contributed by atoms with Gasteiger partial charge in [0.15, 0.2) is 0 Å². The van der Waals surface area contributed by atoms with Crippen LogP contribution in [0.4, 0.5) is 41.9 Å². The van der Waals surface area contributed by atoms with E-state index in [1.54, 1.807) is 57.2 Å². The Bertz CT molecular complexity index is 5400. The molecule has 11 N–H and O–H groups in total. The Morgan fingerprint density at radius 3 is 1.07 bits per heavy atom. The lowest BCUT2D eigenvalue weighted by Gasteiger charge is -2.39. The van der Waals surface area contributed by atoms with Crippen molar-refractivity contribution in [2.24, 2.45) is 5.73 Å². The first kappa shape index (κ1) is 114. The average molecular weight is 2160 g/mol. The van der Waals surface area contributed by atoms with Crippen molar-refractivity contribution in [2.75, 3.05) is 78.5 Å². The van der Waals surface area contributed by atoms with E-state index in [0.717, 1.165) is 179 Å². The number of para-hydroxylation sites is 4. The zero-order valence-corrected chi connectivity index (χ0v) is 89.6. The molecule has 0 unspecified atom stereocenters. The highest BCUT2D eigenvalue weighted by Gasteiger charge is 2.54. The molecule has 24 nitrogen and oxygen atoms in total. The topological polar surface area (TPSA) is 311 Å². The largest absolute Gasteiger partial charge is 0.444 e. The van der Waals surface area contributed by atoms with E-state index < -0.39 is 51.8 Å². The van der Waals surface area contributed by atoms with Crippen LogP contribution in [0.25, 0.3) is 0 Å². The van der Waals surface area contributed by atoms with E-state index in [0.29, 0.717) is 77.0 Å². The summed E-state index contributed by atoms with van der Waals surface area (Å²) in [6, 6.07) is 52.3. The minimum atomic E-state index is -0.524. The number of carbonyl (C=O) groups excluding carboxylic acids is 6. The molecule has 4 aliphatic carbocycles. The Morgan fingerprint density at radius 2 is 0.727 bits per heavy atom. The van der Waals surface area contributed by atoms with Crippen LogP contribution in [-0.4, -0.2) is 156 Å². The van der Waals surface area contributed by atoms with Crippen molar-refractivity contribution < 1.29 is 63.0 Å². The van der Waals surface area contributed by atoms with Crippen LogP contribution in [0, 0.1) is 11.8 Å². The van der Waals surface area contributed by atoms with E-state index in [4.69, 9.17) is 110 Å². The molecule has 0 bridgehead atoms. The molecule has 0 radical (unpaired) electrons. The fourth-order valence-corrected chi connectivity index (χ4v) is 17.4. The first-order chi connectivity index (χ1) is 65.9. The van der Waals surface area contributed by atoms with Gasteiger partial charge in [-0.15, -0.1) is 0 Å². The lowest BCUT2D eigenvalue weighted by atomic mass is 10.1. The van der Waals surface area contributed by atoms with Crippen molar-refractivity contribution >= 4 is 160 Å². The zero-order valence-electron chi connectivity index (χ0n) is 81.9. The van der Waals surface area contributed by atoms with Crippen LogP contribution in [0.3, 0.4) is 0 Å². The molecule has 14 rings (SSSR count). The summed E-state index contributed by atoms with van der Waals surface area (Å²) < 4.78 is 21.6. The molecule has 8 aromatic carbocycles. The number of nitrogens with one attached hydrogen (secondary N) is 6. The van der Waals surface area contributed by atoms with Crippen LogP contribution in [0.5, 0.6) is 0 Å². The standard InChI is InChI=1S/C30H39ClN4O3.C25H31ClN4O.C15H21BrClNO2.C15H22ClNO3.C15H18ClNO3.C7H6BrClO/c1-29(2,3)38-28(37)32-16-6-7-21-10-13-24(31)22(19-21)20-33-30(14-15-30)27(36)35-18-17-34(23-11-12-23)25-8-4-5-9-26(25)35;26-21-10-7-18(4-3-13-27)16-19(21)17-28-25(11-12-25)24(31)30-15-14-29(20-8-9-20)22-5-1-2-6-23(22)30;1-15(2,3)20-14(19)18-8-4-5-11-6-7-13(17)12(9-11)10-16;2*1-15(2,3)20-14(19)17-8-4-5-11-6-7-13(16)12(9-11)10-18;8-6-1-2-7(9)5(3-6)4-10/h4-5,8-10,13,19,23,33H,6-7,11-12,14-18,20H2,1-3H3,(H,32,37);1-2,5-7,10,16,20,28H,3-4,8-9,11-15,17,27H2;6-7,9H,4-5,8,10H2,1-3H3,(H,18,19);6-7,9,18H,4-5,8,10H2,1-3H3,(H,17,19);6-7,9,18H,8,10H2,1-3H3,(H,17,19);1-3,10H,4H2. The highest BCUT2D eigenvalue weighted by Crippen LogP contribution is 2.47. The smallest absolute Gasteiger partial charge is 0.408 e. The van der Waals surface area contributed by atoms with Gasteiger partial charge in [-0.2, -0.15) is 0 Å². The molecule has 2 heterocycles. The molecule has 0 spiro atoms. The third-order valence-electron chi connectivity index (χ3n) is 22.8. The van der Waals surface area contributed by atoms with E-state index in [1.807, 2.05) is 133 Å². The maximum Gasteiger partial charge on any atom is 0.408 e. The van der Waals surface area contributed by atoms with Crippen molar-refractivity contribution in [1.29, 1.82) is 0 Å². The molecular weight excluding hydrogens is 2020 g/mol. The maximum atomic E-state index is 13.8. The Balaban J connectivity index is 0.000000194. The van der Waals surface area contributed by atoms with Gasteiger partial charge < -0.3 is 80.9 Å². The minimum absolute atomic E-state index is 0.0156. The predicted molar refractivity (Wildman–Crippen MR) is 569 cm³/mol. The Kier molecular flexibility index (Phi) is 44.4. The fraction of sp³-hybridized carbons (Fsp3) is 0.477. The van der Waals surface area contributed by atoms with E-state index in [1.165, 1.54) is 48.2 Å². The highest BCUT2D eigenvalue weighted by molar-refractivity contribution is 9.10. The van der Waals surface area contributed by atoms with Gasteiger partial charge in [0.2, 0.25) is 11.8 Å². The van der Waals surface area contributed by atoms with Gasteiger partial charge in [0, 0.05) is 116 Å². The SMILES string of the molecule is CC(C)(C)OC(=O)NCC#Cc1ccc(Cl)c(CO)c1.CC(C)(C)OC(=O)NCCCc1ccc(Cl)c(CBr)c1.CC(C)(C)OC(=O)NCCCc1ccc(Cl)c(CNC2(C(=O)N3CCN(C4CC4)c4ccccc43)CC2)c1.CC(C)(C)OC(=O)NCCCc1ccc(Cl)c(CO)c1.NCCCc1ccc(Cl)c(CNC2(C(=O)N3CCN(C4CC4)c4ccccc43)CC2)c1.OCc1cc(Br)ccc1Cl. The number of aliphatic hydroxyl groups is 3. The molecule has 0 saturated heterocycles. The number of nitrogens with zero attached hydrogens (tertiary/aromatic N) is 4. The molecule has 0 atom stereocenters. The Hall–Kier alpha value is -8.60. The van der Waals surface area contributed by atoms with Crippen molar-refractivity contribution in [3.63, 3.8) is 0 Å². The van der Waals surface area contributed by atoms with Gasteiger partial charge in [-0.3, -0.25) is 20.2 Å². The maximum absolute atomic E-state index is 13.8. The Labute approximate surface area is 867 Å². The highest BCUT2D eigenvalue weighted by atomic mass is 79.9. The van der Waals surface area contributed by atoms with Gasteiger partial charge in [-0.1, -0.05) is 186 Å². The van der Waals surface area contributed by atoms with E-state index in [9.17, 15) is 28.8 Å². The zero-order chi connectivity index (χ0) is 101. The van der Waals surface area contributed by atoms with E-state index >= 15 is 0 Å². The summed E-state index contributed by atoms with van der Waals surface area (Å²) in [5.74, 6) is 6.04. The van der Waals surface area contributed by atoms with Crippen LogP contribution in [0.15, 0.2) is 162 Å². The molecule has 4 fully saturated rings. The van der Waals surface area contributed by atoms with Gasteiger partial charge in [0.05, 0.1) is 60.2 Å². The molecule has 8 aromatic rings. The number of hydrogen-bond acceptors (Lipinski definition) is 18. The lowest BCUT2D eigenvalue weighted by Crippen LogP contribution is -2.53. The van der Waals surface area contributed by atoms with E-state index in [-0.39, 0.29) is 44.3 Å². The first-order valence-corrected chi connectivity index (χ1v) is 51.8. The summed E-state index contributed by atoms with van der Waals surface area (Å²) in [5, 5.41) is 49.6. The summed E-state index contributed by atoms with van der Waals surface area (Å²) in [4.78, 5) is 82.5. The number of nitrogens with two attached hydrogens (primary N) is 1. The number of anilines is 4. The number of alkyl carbamates (subject to hydrolysis) is 4. The van der Waals surface area contributed by atoms with E-state index in [2.05, 4.69) is 146 Å². The molecule has 2 aliphatic heterocycles. The summed E-state index contributed by atoms with van der Waals surface area (Å²) in [7, 11) is 0. The van der Waals surface area contributed by atoms with Crippen LogP contribution in [0.2, 0.25) is 30.1 Å². The Morgan fingerprint density at radius 1 is 0.410 bits per heavy atom. The third kappa shape index (κ3) is 38.6. The van der Waals surface area contributed by atoms with Crippen molar-refractivity contribution in [3.8, 4) is 11.8 Å². The third-order valence-corrected chi connectivity index (χ3v) is 26.1. The van der Waals surface area contributed by atoms with Crippen LogP contribution in [-0.2, 0) is 92.5 Å². The number of carbonyl (C=O) groups is 6. The van der Waals surface area contributed by atoms with Gasteiger partial charge in [-0.05, 0) is 333 Å². The molecule has 4 saturated carbocycles. The minimum Gasteiger partial charge on any atom is -0.444 e. The number of benzene rings is 8. The second-order valence-corrected chi connectivity index (χ2v) is 43.0. The molecular formula is C107H137Br2Cl6N11O13. The molecule has 754 valence electrons. The van der Waals surface area contributed by atoms with Crippen LogP contribution in [0.1, 0.15) is 221 Å². The number of rotatable bonds is 30. The fourth-order valence-electron chi connectivity index (χ4n) is 15.3. The number of halogens is 8. The normalized spacial score (nSPS) is 14.7. The second kappa shape index (κ2) is 54.2. The van der Waals surface area contributed by atoms with Crippen molar-refractivity contribution in [2.45, 2.75) is 270 Å². The van der Waals surface area contributed by atoms with Gasteiger partial charge in [-0.25, -0.2) is 19.2 Å². The second-order valence-electron chi connectivity index (χ2n) is 39.1. The number of aryl methyl sites for hydroxylation is 4. The summed E-state index contributed by atoms with van der Waals surface area (Å²) >= 11 is 43.3. The van der Waals surface area contributed by atoms with Crippen LogP contribution >= 0.6 is 101 Å². The number of amides is 6. The first-order valence-electron chi connectivity index (χ1n) is 47.6. The molecule has 6 amide bonds. The van der Waals surface area contributed by atoms with Crippen molar-refractivity contribution in [3.05, 3.63) is 254 Å². The molecule has 139 heavy (non-hydrogen) atoms. The number of ether oxygens (including phenoxy) is 4. The molecule has 6 aliphatic rings. The summed E-state index contributed by atoms with van der Waals surface area (Å²) in [6.07, 6.45) is 13.7. The average Bonchev–Trinajstić information content (AvgIpc) is 1.50. The molecule has 32 heteroatoms. The van der Waals surface area contributed by atoms with Crippen LogP contribution < -0.4 is 57.2 Å². The number of hydrogen-bond donors (Lipinski definition) is 10. The predicted octanol–water partition coefficient (Wildman–Crippen LogP) is 22.6. The quantitative estimate of drug-likeness (QED) is 0.00866. The number of alkyl halides is 1. The van der Waals surface area contributed by atoms with Crippen molar-refractivity contribution in [1.82, 2.24) is 31.9 Å². The lowest BCUT2D eigenvalue weighted by molar-refractivity contribution is -0.122. The summed E-state index contributed by atoms with van der Waals surface area (Å²) in [5.41, 5.74) is 17.8. The molecule has 0 aromatic heterocycles.